The van der Waals surface area contributed by atoms with Crippen LogP contribution in [-0.4, -0.2) is 25.6 Å². The van der Waals surface area contributed by atoms with E-state index in [0.29, 0.717) is 5.65 Å². The zero-order valence-corrected chi connectivity index (χ0v) is 12.4. The number of aromatic nitrogens is 2. The van der Waals surface area contributed by atoms with E-state index in [1.54, 1.807) is 10.5 Å². The van der Waals surface area contributed by atoms with Crippen LogP contribution >= 0.6 is 0 Å². The Morgan fingerprint density at radius 2 is 1.87 bits per heavy atom. The molecule has 1 aromatic carbocycles. The highest BCUT2D eigenvalue weighted by molar-refractivity contribution is 5.86. The van der Waals surface area contributed by atoms with E-state index in [1.807, 2.05) is 36.4 Å². The summed E-state index contributed by atoms with van der Waals surface area (Å²) in [5.41, 5.74) is 2.72. The van der Waals surface area contributed by atoms with Crippen molar-refractivity contribution in [1.29, 1.82) is 0 Å². The molecule has 1 saturated carbocycles. The summed E-state index contributed by atoms with van der Waals surface area (Å²) < 4.78 is 1.77. The lowest BCUT2D eigenvalue weighted by Gasteiger charge is -2.37. The van der Waals surface area contributed by atoms with Gasteiger partial charge in [-0.25, -0.2) is 9.78 Å². The molecule has 0 aliphatic heterocycles. The molecule has 1 aliphatic rings. The van der Waals surface area contributed by atoms with Gasteiger partial charge in [-0.3, -0.25) is 4.40 Å². The number of hydrogen-bond acceptors (Lipinski definition) is 3. The van der Waals surface area contributed by atoms with Gasteiger partial charge in [0.2, 0.25) is 0 Å². The molecule has 2 heterocycles. The monoisotopic (exact) mass is 308 g/mol. The van der Waals surface area contributed by atoms with Crippen molar-refractivity contribution in [2.45, 2.75) is 24.9 Å². The molecule has 0 unspecified atom stereocenters. The molecular formula is C18H16N2O3. The third kappa shape index (κ3) is 2.21. The summed E-state index contributed by atoms with van der Waals surface area (Å²) in [5, 5.41) is 19.5. The molecule has 0 atom stereocenters. The molecule has 3 aromatic rings. The molecular weight excluding hydrogens is 292 g/mol. The van der Waals surface area contributed by atoms with Gasteiger partial charge < -0.3 is 10.2 Å². The Labute approximate surface area is 132 Å². The van der Waals surface area contributed by atoms with Crippen molar-refractivity contribution in [2.24, 2.45) is 0 Å². The molecule has 0 bridgehead atoms. The fraction of sp³-hybridized carbons (Fsp3) is 0.222. The number of carbonyl (C=O) groups is 1. The first-order valence-electron chi connectivity index (χ1n) is 7.62. The van der Waals surface area contributed by atoms with Gasteiger partial charge in [-0.1, -0.05) is 30.3 Å². The van der Waals surface area contributed by atoms with Gasteiger partial charge in [0.1, 0.15) is 5.65 Å². The molecule has 2 aromatic heterocycles. The number of fused-ring (bicyclic) bond motifs is 1. The molecule has 0 radical (unpaired) electrons. The fourth-order valence-corrected chi connectivity index (χ4v) is 3.10. The van der Waals surface area contributed by atoms with Crippen molar-refractivity contribution < 1.29 is 15.0 Å². The number of aromatic carboxylic acids is 1. The highest BCUT2D eigenvalue weighted by Crippen LogP contribution is 2.41. The van der Waals surface area contributed by atoms with Crippen LogP contribution in [0.5, 0.6) is 0 Å². The number of imidazole rings is 1. The van der Waals surface area contributed by atoms with Gasteiger partial charge in [-0.15, -0.1) is 0 Å². The summed E-state index contributed by atoms with van der Waals surface area (Å²) in [4.78, 5) is 15.2. The maximum Gasteiger partial charge on any atom is 0.356 e. The van der Waals surface area contributed by atoms with Crippen LogP contribution < -0.4 is 0 Å². The number of hydrogen-bond donors (Lipinski definition) is 2. The van der Waals surface area contributed by atoms with Crippen LogP contribution in [0.3, 0.4) is 0 Å². The third-order valence-corrected chi connectivity index (χ3v) is 4.61. The van der Waals surface area contributed by atoms with E-state index in [1.165, 1.54) is 6.20 Å². The van der Waals surface area contributed by atoms with Crippen LogP contribution in [0, 0.1) is 0 Å². The molecule has 2 N–H and O–H groups in total. The Bertz CT molecular complexity index is 892. The first kappa shape index (κ1) is 14.0. The highest BCUT2D eigenvalue weighted by Gasteiger charge is 2.35. The van der Waals surface area contributed by atoms with Crippen LogP contribution in [0.1, 0.15) is 35.3 Å². The number of rotatable bonds is 3. The summed E-state index contributed by atoms with van der Waals surface area (Å²) in [6.45, 7) is 0. The second kappa shape index (κ2) is 4.93. The van der Waals surface area contributed by atoms with Gasteiger partial charge in [0, 0.05) is 6.20 Å². The maximum absolute atomic E-state index is 11.1. The van der Waals surface area contributed by atoms with Crippen LogP contribution in [0.2, 0.25) is 0 Å². The average Bonchev–Trinajstić information content (AvgIpc) is 2.97. The Morgan fingerprint density at radius 1 is 1.13 bits per heavy atom. The number of carboxylic acid groups (broad SMARTS) is 1. The highest BCUT2D eigenvalue weighted by atomic mass is 16.4. The van der Waals surface area contributed by atoms with Gasteiger partial charge in [0.25, 0.3) is 0 Å². The van der Waals surface area contributed by atoms with Crippen molar-refractivity contribution in [1.82, 2.24) is 9.38 Å². The van der Waals surface area contributed by atoms with E-state index in [4.69, 9.17) is 5.11 Å². The molecule has 23 heavy (non-hydrogen) atoms. The van der Waals surface area contributed by atoms with E-state index < -0.39 is 11.6 Å². The van der Waals surface area contributed by atoms with Crippen molar-refractivity contribution in [3.63, 3.8) is 0 Å². The lowest BCUT2D eigenvalue weighted by atomic mass is 9.75. The topological polar surface area (TPSA) is 74.8 Å². The molecule has 116 valence electrons. The van der Waals surface area contributed by atoms with E-state index in [2.05, 4.69) is 4.98 Å². The van der Waals surface area contributed by atoms with Gasteiger partial charge in [0.15, 0.2) is 5.69 Å². The molecule has 4 rings (SSSR count). The molecule has 0 saturated heterocycles. The molecule has 5 heteroatoms. The molecule has 1 aliphatic carbocycles. The number of aliphatic hydroxyl groups is 1. The predicted molar refractivity (Wildman–Crippen MR) is 85.3 cm³/mol. The average molecular weight is 308 g/mol. The molecule has 0 spiro atoms. The predicted octanol–water partition coefficient (Wildman–Crippen LogP) is 3.07. The molecule has 1 fully saturated rings. The number of benzene rings is 1. The van der Waals surface area contributed by atoms with Crippen LogP contribution in [-0.2, 0) is 5.60 Å². The smallest absolute Gasteiger partial charge is 0.356 e. The zero-order valence-electron chi connectivity index (χ0n) is 12.4. The minimum Gasteiger partial charge on any atom is -0.476 e. The lowest BCUT2D eigenvalue weighted by molar-refractivity contribution is -0.0387. The normalized spacial score (nSPS) is 16.2. The summed E-state index contributed by atoms with van der Waals surface area (Å²) in [6.07, 6.45) is 4.21. The third-order valence-electron chi connectivity index (χ3n) is 4.61. The SMILES string of the molecule is O=C(O)c1cn2c(-c3ccc(C4(O)CCC4)cc3)cccc2n1. The second-order valence-corrected chi connectivity index (χ2v) is 6.03. The zero-order chi connectivity index (χ0) is 16.0. The summed E-state index contributed by atoms with van der Waals surface area (Å²) in [5.74, 6) is -1.04. The van der Waals surface area contributed by atoms with Crippen molar-refractivity contribution in [3.05, 3.63) is 59.9 Å². The van der Waals surface area contributed by atoms with Crippen molar-refractivity contribution in [3.8, 4) is 11.3 Å². The van der Waals surface area contributed by atoms with E-state index in [9.17, 15) is 9.90 Å². The quantitative estimate of drug-likeness (QED) is 0.780. The van der Waals surface area contributed by atoms with E-state index in [0.717, 1.165) is 36.1 Å². The lowest BCUT2D eigenvalue weighted by Crippen LogP contribution is -2.33. The van der Waals surface area contributed by atoms with Gasteiger partial charge >= 0.3 is 5.97 Å². The molecule has 0 amide bonds. The van der Waals surface area contributed by atoms with Gasteiger partial charge in [0.05, 0.1) is 11.3 Å². The number of pyridine rings is 1. The van der Waals surface area contributed by atoms with Crippen LogP contribution in [0.4, 0.5) is 0 Å². The van der Waals surface area contributed by atoms with Gasteiger partial charge in [-0.05, 0) is 42.5 Å². The first-order valence-corrected chi connectivity index (χ1v) is 7.62. The number of carboxylic acids is 1. The largest absolute Gasteiger partial charge is 0.476 e. The Hall–Kier alpha value is -2.66. The van der Waals surface area contributed by atoms with Crippen molar-refractivity contribution >= 4 is 11.6 Å². The Kier molecular flexibility index (Phi) is 2.99. The van der Waals surface area contributed by atoms with Crippen LogP contribution in [0.25, 0.3) is 16.9 Å². The fourth-order valence-electron chi connectivity index (χ4n) is 3.10. The van der Waals surface area contributed by atoms with E-state index in [-0.39, 0.29) is 5.69 Å². The van der Waals surface area contributed by atoms with Gasteiger partial charge in [-0.2, -0.15) is 0 Å². The summed E-state index contributed by atoms with van der Waals surface area (Å²) in [6, 6.07) is 13.4. The van der Waals surface area contributed by atoms with E-state index >= 15 is 0 Å². The minimum absolute atomic E-state index is 0.0258. The summed E-state index contributed by atoms with van der Waals surface area (Å²) >= 11 is 0. The van der Waals surface area contributed by atoms with Crippen LogP contribution in [0.15, 0.2) is 48.7 Å². The Balaban J connectivity index is 1.78. The molecule has 5 nitrogen and oxygen atoms in total. The maximum atomic E-state index is 11.1. The number of nitrogens with zero attached hydrogens (tertiary/aromatic N) is 2. The standard InChI is InChI=1S/C18H16N2O3/c21-17(22)14-11-20-15(3-1-4-16(20)19-14)12-5-7-13(8-6-12)18(23)9-2-10-18/h1,3-8,11,23H,2,9-10H2,(H,21,22). The summed E-state index contributed by atoms with van der Waals surface area (Å²) in [7, 11) is 0. The van der Waals surface area contributed by atoms with Crippen molar-refractivity contribution in [2.75, 3.05) is 0 Å². The minimum atomic E-state index is -1.04. The second-order valence-electron chi connectivity index (χ2n) is 6.03. The Morgan fingerprint density at radius 3 is 2.48 bits per heavy atom. The first-order chi connectivity index (χ1) is 11.1.